The van der Waals surface area contributed by atoms with Crippen molar-refractivity contribution in [1.29, 1.82) is 0 Å². The molecule has 1 aromatic carbocycles. The molecule has 2 unspecified atom stereocenters. The van der Waals surface area contributed by atoms with E-state index < -0.39 is 0 Å². The second-order valence-corrected chi connectivity index (χ2v) is 4.77. The minimum Gasteiger partial charge on any atom is -0.310 e. The summed E-state index contributed by atoms with van der Waals surface area (Å²) in [6, 6.07) is 8.80. The van der Waals surface area contributed by atoms with Gasteiger partial charge in [-0.2, -0.15) is 0 Å². The molecule has 15 heavy (non-hydrogen) atoms. The Morgan fingerprint density at radius 1 is 1.40 bits per heavy atom. The van der Waals surface area contributed by atoms with E-state index in [1.54, 1.807) is 0 Å². The third-order valence-electron chi connectivity index (χ3n) is 3.09. The lowest BCUT2D eigenvalue weighted by atomic mass is 10.2. The molecule has 2 rings (SSSR count). The SMILES string of the molecule is CCCC1CC1NCc1ccccc1Cl. The molecular formula is C13H18ClN. The van der Waals surface area contributed by atoms with Crippen LogP contribution in [0, 0.1) is 5.92 Å². The maximum absolute atomic E-state index is 6.09. The summed E-state index contributed by atoms with van der Waals surface area (Å²) in [7, 11) is 0. The van der Waals surface area contributed by atoms with Crippen molar-refractivity contribution in [3.8, 4) is 0 Å². The van der Waals surface area contributed by atoms with Crippen LogP contribution in [0.1, 0.15) is 31.7 Å². The van der Waals surface area contributed by atoms with E-state index >= 15 is 0 Å². The van der Waals surface area contributed by atoms with Crippen molar-refractivity contribution in [2.24, 2.45) is 5.92 Å². The Hall–Kier alpha value is -0.530. The summed E-state index contributed by atoms with van der Waals surface area (Å²) in [6.45, 7) is 3.16. The number of benzene rings is 1. The lowest BCUT2D eigenvalue weighted by Crippen LogP contribution is -2.17. The number of hydrogen-bond donors (Lipinski definition) is 1. The Bertz CT molecular complexity index is 324. The van der Waals surface area contributed by atoms with Gasteiger partial charge in [0.25, 0.3) is 0 Å². The van der Waals surface area contributed by atoms with Gasteiger partial charge in [-0.1, -0.05) is 43.1 Å². The summed E-state index contributed by atoms with van der Waals surface area (Å²) < 4.78 is 0. The molecule has 1 nitrogen and oxygen atoms in total. The zero-order chi connectivity index (χ0) is 10.7. The van der Waals surface area contributed by atoms with Crippen molar-refractivity contribution in [3.05, 3.63) is 34.9 Å². The van der Waals surface area contributed by atoms with E-state index in [4.69, 9.17) is 11.6 Å². The zero-order valence-corrected chi connectivity index (χ0v) is 9.93. The van der Waals surface area contributed by atoms with Crippen LogP contribution in [0.2, 0.25) is 5.02 Å². The van der Waals surface area contributed by atoms with Crippen molar-refractivity contribution < 1.29 is 0 Å². The molecule has 0 amide bonds. The normalized spacial score (nSPS) is 24.1. The number of rotatable bonds is 5. The van der Waals surface area contributed by atoms with Gasteiger partial charge in [-0.15, -0.1) is 0 Å². The van der Waals surface area contributed by atoms with Crippen molar-refractivity contribution in [1.82, 2.24) is 5.32 Å². The molecule has 0 bridgehead atoms. The monoisotopic (exact) mass is 223 g/mol. The Morgan fingerprint density at radius 2 is 2.20 bits per heavy atom. The molecule has 2 heteroatoms. The molecule has 2 atom stereocenters. The molecule has 1 aliphatic carbocycles. The first-order chi connectivity index (χ1) is 7.31. The van der Waals surface area contributed by atoms with Gasteiger partial charge in [0.1, 0.15) is 0 Å². The fourth-order valence-electron chi connectivity index (χ4n) is 2.07. The molecular weight excluding hydrogens is 206 g/mol. The molecule has 0 radical (unpaired) electrons. The summed E-state index contributed by atoms with van der Waals surface area (Å²) in [5.41, 5.74) is 1.21. The predicted molar refractivity (Wildman–Crippen MR) is 65.1 cm³/mol. The van der Waals surface area contributed by atoms with Crippen molar-refractivity contribution in [2.45, 2.75) is 38.8 Å². The van der Waals surface area contributed by atoms with E-state index in [9.17, 15) is 0 Å². The van der Waals surface area contributed by atoms with Gasteiger partial charge in [-0.3, -0.25) is 0 Å². The minimum atomic E-state index is 0.737. The Kier molecular flexibility index (Phi) is 3.66. The van der Waals surface area contributed by atoms with Crippen molar-refractivity contribution in [2.75, 3.05) is 0 Å². The summed E-state index contributed by atoms with van der Waals surface area (Å²) in [6.07, 6.45) is 4.01. The molecule has 1 aliphatic rings. The van der Waals surface area contributed by atoms with Crippen molar-refractivity contribution in [3.63, 3.8) is 0 Å². The van der Waals surface area contributed by atoms with Crippen LogP contribution >= 0.6 is 11.6 Å². The van der Waals surface area contributed by atoms with Crippen LogP contribution < -0.4 is 5.32 Å². The summed E-state index contributed by atoms with van der Waals surface area (Å²) >= 11 is 6.09. The van der Waals surface area contributed by atoms with E-state index in [2.05, 4.69) is 18.3 Å². The fourth-order valence-corrected chi connectivity index (χ4v) is 2.27. The van der Waals surface area contributed by atoms with Gasteiger partial charge in [0.2, 0.25) is 0 Å². The molecule has 1 saturated carbocycles. The van der Waals surface area contributed by atoms with Crippen LogP contribution in [0.5, 0.6) is 0 Å². The van der Waals surface area contributed by atoms with Gasteiger partial charge in [0, 0.05) is 17.6 Å². The van der Waals surface area contributed by atoms with E-state index in [-0.39, 0.29) is 0 Å². The van der Waals surface area contributed by atoms with E-state index in [1.807, 2.05) is 18.2 Å². The molecule has 1 aromatic rings. The molecule has 1 N–H and O–H groups in total. The summed E-state index contributed by atoms with van der Waals surface area (Å²) in [5.74, 6) is 0.914. The molecule has 1 fully saturated rings. The average Bonchev–Trinajstić information content (AvgIpc) is 2.96. The smallest absolute Gasteiger partial charge is 0.0450 e. The first kappa shape index (κ1) is 11.0. The van der Waals surface area contributed by atoms with E-state index in [0.29, 0.717) is 0 Å². The fraction of sp³-hybridized carbons (Fsp3) is 0.538. The van der Waals surface area contributed by atoms with Gasteiger partial charge in [0.05, 0.1) is 0 Å². The van der Waals surface area contributed by atoms with Gasteiger partial charge in [-0.25, -0.2) is 0 Å². The molecule has 0 spiro atoms. The highest BCUT2D eigenvalue weighted by atomic mass is 35.5. The topological polar surface area (TPSA) is 12.0 Å². The number of halogens is 1. The molecule has 0 heterocycles. The number of hydrogen-bond acceptors (Lipinski definition) is 1. The first-order valence-electron chi connectivity index (χ1n) is 5.78. The van der Waals surface area contributed by atoms with Crippen LogP contribution in [0.3, 0.4) is 0 Å². The van der Waals surface area contributed by atoms with Crippen molar-refractivity contribution >= 4 is 11.6 Å². The summed E-state index contributed by atoms with van der Waals surface area (Å²) in [5, 5.41) is 4.44. The maximum Gasteiger partial charge on any atom is 0.0450 e. The first-order valence-corrected chi connectivity index (χ1v) is 6.16. The quantitative estimate of drug-likeness (QED) is 0.804. The second-order valence-electron chi connectivity index (χ2n) is 4.36. The van der Waals surface area contributed by atoms with E-state index in [0.717, 1.165) is 23.5 Å². The zero-order valence-electron chi connectivity index (χ0n) is 9.17. The average molecular weight is 224 g/mol. The minimum absolute atomic E-state index is 0.737. The van der Waals surface area contributed by atoms with Gasteiger partial charge >= 0.3 is 0 Å². The highest BCUT2D eigenvalue weighted by Gasteiger charge is 2.35. The second kappa shape index (κ2) is 5.00. The maximum atomic E-state index is 6.09. The summed E-state index contributed by atoms with van der Waals surface area (Å²) in [4.78, 5) is 0. The predicted octanol–water partition coefficient (Wildman–Crippen LogP) is 3.62. The molecule has 0 aliphatic heterocycles. The lowest BCUT2D eigenvalue weighted by Gasteiger charge is -2.05. The van der Waals surface area contributed by atoms with Gasteiger partial charge < -0.3 is 5.32 Å². The van der Waals surface area contributed by atoms with E-state index in [1.165, 1.54) is 24.8 Å². The lowest BCUT2D eigenvalue weighted by molar-refractivity contribution is 0.599. The van der Waals surface area contributed by atoms with Gasteiger partial charge in [-0.05, 0) is 30.4 Å². The highest BCUT2D eigenvalue weighted by molar-refractivity contribution is 6.31. The van der Waals surface area contributed by atoms with Crippen LogP contribution in [0.15, 0.2) is 24.3 Å². The van der Waals surface area contributed by atoms with Crippen LogP contribution in [-0.4, -0.2) is 6.04 Å². The molecule has 82 valence electrons. The third kappa shape index (κ3) is 2.96. The van der Waals surface area contributed by atoms with Crippen LogP contribution in [0.25, 0.3) is 0 Å². The van der Waals surface area contributed by atoms with Crippen LogP contribution in [0.4, 0.5) is 0 Å². The highest BCUT2D eigenvalue weighted by Crippen LogP contribution is 2.34. The molecule has 0 saturated heterocycles. The third-order valence-corrected chi connectivity index (χ3v) is 3.46. The van der Waals surface area contributed by atoms with Crippen LogP contribution in [-0.2, 0) is 6.54 Å². The largest absolute Gasteiger partial charge is 0.310 e. The molecule has 0 aromatic heterocycles. The standard InChI is InChI=1S/C13H18ClN/c1-2-5-10-8-13(10)15-9-11-6-3-4-7-12(11)14/h3-4,6-7,10,13,15H,2,5,8-9H2,1H3. The Labute approximate surface area is 96.8 Å². The Balaban J connectivity index is 1.78. The Morgan fingerprint density at radius 3 is 2.93 bits per heavy atom. The van der Waals surface area contributed by atoms with Gasteiger partial charge in [0.15, 0.2) is 0 Å². The number of nitrogens with one attached hydrogen (secondary N) is 1.